The van der Waals surface area contributed by atoms with Gasteiger partial charge in [0.05, 0.1) is 13.7 Å². The molecule has 4 rings (SSSR count). The second-order valence-electron chi connectivity index (χ2n) is 6.94. The normalized spacial score (nSPS) is 10.8. The van der Waals surface area contributed by atoms with E-state index in [9.17, 15) is 4.79 Å². The average Bonchev–Trinajstić information content (AvgIpc) is 3.41. The highest BCUT2D eigenvalue weighted by molar-refractivity contribution is 6.35. The van der Waals surface area contributed by atoms with Crippen LogP contribution >= 0.6 is 34.8 Å². The summed E-state index contributed by atoms with van der Waals surface area (Å²) in [6, 6.07) is 15.6. The van der Waals surface area contributed by atoms with Crippen molar-refractivity contribution in [3.63, 3.8) is 0 Å². The number of amides is 1. The number of anilines is 1. The number of halogens is 3. The molecular formula is C23H18Cl3N3O4. The topological polar surface area (TPSA) is 78.5 Å². The SMILES string of the molecule is COc1ccc(OCc2ccc(C(=O)Nc3nn(Cc4ccc(Cl)cc4Cl)cc3Cl)o2)cc1. The Bertz CT molecular complexity index is 1270. The fourth-order valence-corrected chi connectivity index (χ4v) is 3.63. The predicted molar refractivity (Wildman–Crippen MR) is 127 cm³/mol. The highest BCUT2D eigenvalue weighted by Crippen LogP contribution is 2.25. The number of aromatic nitrogens is 2. The molecule has 1 N–H and O–H groups in total. The van der Waals surface area contributed by atoms with E-state index < -0.39 is 5.91 Å². The Morgan fingerprint density at radius 2 is 1.79 bits per heavy atom. The number of rotatable bonds is 8. The molecule has 4 aromatic rings. The van der Waals surface area contributed by atoms with Gasteiger partial charge >= 0.3 is 0 Å². The van der Waals surface area contributed by atoms with Crippen LogP contribution in [-0.2, 0) is 13.2 Å². The summed E-state index contributed by atoms with van der Waals surface area (Å²) in [7, 11) is 1.60. The summed E-state index contributed by atoms with van der Waals surface area (Å²) in [5.41, 5.74) is 0.811. The zero-order chi connectivity index (χ0) is 23.4. The molecule has 2 aromatic carbocycles. The van der Waals surface area contributed by atoms with E-state index in [1.54, 1.807) is 72.6 Å². The molecule has 1 amide bonds. The van der Waals surface area contributed by atoms with E-state index in [0.717, 1.165) is 11.3 Å². The van der Waals surface area contributed by atoms with Crippen molar-refractivity contribution in [2.45, 2.75) is 13.2 Å². The molecule has 0 aliphatic heterocycles. The summed E-state index contributed by atoms with van der Waals surface area (Å²) < 4.78 is 17.9. The van der Waals surface area contributed by atoms with Crippen molar-refractivity contribution in [1.29, 1.82) is 0 Å². The Kier molecular flexibility index (Phi) is 7.13. The Balaban J connectivity index is 1.37. The molecular weight excluding hydrogens is 489 g/mol. The molecule has 0 saturated heterocycles. The van der Waals surface area contributed by atoms with E-state index in [-0.39, 0.29) is 23.2 Å². The maximum atomic E-state index is 12.6. The van der Waals surface area contributed by atoms with E-state index in [1.807, 2.05) is 0 Å². The van der Waals surface area contributed by atoms with Crippen LogP contribution in [0, 0.1) is 0 Å². The highest BCUT2D eigenvalue weighted by Gasteiger charge is 2.16. The molecule has 2 heterocycles. The minimum atomic E-state index is -0.484. The summed E-state index contributed by atoms with van der Waals surface area (Å²) in [5.74, 6) is 1.70. The van der Waals surface area contributed by atoms with Crippen LogP contribution < -0.4 is 14.8 Å². The monoisotopic (exact) mass is 505 g/mol. The van der Waals surface area contributed by atoms with E-state index in [4.69, 9.17) is 48.7 Å². The summed E-state index contributed by atoms with van der Waals surface area (Å²) in [6.07, 6.45) is 1.60. The average molecular weight is 507 g/mol. The number of hydrogen-bond donors (Lipinski definition) is 1. The first-order valence-electron chi connectivity index (χ1n) is 9.75. The van der Waals surface area contributed by atoms with Crippen molar-refractivity contribution in [2.75, 3.05) is 12.4 Å². The molecule has 0 atom stereocenters. The van der Waals surface area contributed by atoms with Gasteiger partial charge in [-0.25, -0.2) is 0 Å². The van der Waals surface area contributed by atoms with Crippen LogP contribution in [0.2, 0.25) is 15.1 Å². The molecule has 0 bridgehead atoms. The lowest BCUT2D eigenvalue weighted by molar-refractivity contribution is 0.0992. The quantitative estimate of drug-likeness (QED) is 0.302. The van der Waals surface area contributed by atoms with Crippen molar-refractivity contribution < 1.29 is 18.7 Å². The molecule has 0 unspecified atom stereocenters. The van der Waals surface area contributed by atoms with Gasteiger partial charge in [-0.3, -0.25) is 9.48 Å². The molecule has 0 aliphatic carbocycles. The molecule has 0 saturated carbocycles. The highest BCUT2D eigenvalue weighted by atomic mass is 35.5. The van der Waals surface area contributed by atoms with E-state index in [1.165, 1.54) is 0 Å². The van der Waals surface area contributed by atoms with Gasteiger partial charge in [0.2, 0.25) is 0 Å². The smallest absolute Gasteiger partial charge is 0.292 e. The molecule has 0 radical (unpaired) electrons. The minimum Gasteiger partial charge on any atom is -0.497 e. The molecule has 0 spiro atoms. The van der Waals surface area contributed by atoms with Gasteiger partial charge in [0.25, 0.3) is 5.91 Å². The largest absolute Gasteiger partial charge is 0.497 e. The Hall–Kier alpha value is -3.13. The zero-order valence-electron chi connectivity index (χ0n) is 17.3. The molecule has 170 valence electrons. The molecule has 10 heteroatoms. The third kappa shape index (κ3) is 5.82. The molecule has 33 heavy (non-hydrogen) atoms. The van der Waals surface area contributed by atoms with E-state index >= 15 is 0 Å². The zero-order valence-corrected chi connectivity index (χ0v) is 19.6. The number of nitrogens with one attached hydrogen (secondary N) is 1. The lowest BCUT2D eigenvalue weighted by Crippen LogP contribution is -2.12. The predicted octanol–water partition coefficient (Wildman–Crippen LogP) is 6.32. The molecule has 0 fully saturated rings. The molecule has 0 aliphatic rings. The van der Waals surface area contributed by atoms with Crippen LogP contribution in [0.3, 0.4) is 0 Å². The van der Waals surface area contributed by atoms with Crippen molar-refractivity contribution in [2.24, 2.45) is 0 Å². The van der Waals surface area contributed by atoms with Crippen LogP contribution in [0.25, 0.3) is 0 Å². The number of nitrogens with zero attached hydrogens (tertiary/aromatic N) is 2. The van der Waals surface area contributed by atoms with Crippen LogP contribution in [0.4, 0.5) is 5.82 Å². The van der Waals surface area contributed by atoms with Gasteiger partial charge in [-0.05, 0) is 54.1 Å². The van der Waals surface area contributed by atoms with Crippen molar-refractivity contribution >= 4 is 46.5 Å². The fraction of sp³-hybridized carbons (Fsp3) is 0.130. The first kappa shape index (κ1) is 23.0. The second-order valence-corrected chi connectivity index (χ2v) is 8.19. The standard InChI is InChI=1S/C23H18Cl3N3O4/c1-31-16-4-6-17(7-5-16)32-13-18-8-9-21(33-18)23(30)27-22-20(26)12-29(28-22)11-14-2-3-15(24)10-19(14)25/h2-10,12H,11,13H2,1H3,(H,27,28,30). The van der Waals surface area contributed by atoms with Gasteiger partial charge in [0.1, 0.15) is 28.9 Å². The van der Waals surface area contributed by atoms with Crippen molar-refractivity contribution in [1.82, 2.24) is 9.78 Å². The Morgan fingerprint density at radius 1 is 1.03 bits per heavy atom. The van der Waals surface area contributed by atoms with Crippen molar-refractivity contribution in [3.8, 4) is 11.5 Å². The van der Waals surface area contributed by atoms with Gasteiger partial charge in [-0.15, -0.1) is 0 Å². The van der Waals surface area contributed by atoms with E-state index in [2.05, 4.69) is 10.4 Å². The number of benzene rings is 2. The minimum absolute atomic E-state index is 0.106. The summed E-state index contributed by atoms with van der Waals surface area (Å²) in [4.78, 5) is 12.6. The van der Waals surface area contributed by atoms with Gasteiger partial charge < -0.3 is 19.2 Å². The number of ether oxygens (including phenoxy) is 2. The molecule has 7 nitrogen and oxygen atoms in total. The van der Waals surface area contributed by atoms with Crippen LogP contribution in [-0.4, -0.2) is 22.8 Å². The number of carbonyl (C=O) groups excluding carboxylic acids is 1. The molecule has 2 aromatic heterocycles. The third-order valence-corrected chi connectivity index (χ3v) is 5.49. The Morgan fingerprint density at radius 3 is 2.52 bits per heavy atom. The number of methoxy groups -OCH3 is 1. The number of furan rings is 1. The first-order chi connectivity index (χ1) is 15.9. The first-order valence-corrected chi connectivity index (χ1v) is 10.9. The van der Waals surface area contributed by atoms with Gasteiger partial charge in [0, 0.05) is 16.2 Å². The summed E-state index contributed by atoms with van der Waals surface area (Å²) in [5, 5.41) is 8.30. The summed E-state index contributed by atoms with van der Waals surface area (Å²) in [6.45, 7) is 0.524. The van der Waals surface area contributed by atoms with Gasteiger partial charge in [-0.2, -0.15) is 5.10 Å². The fourth-order valence-electron chi connectivity index (χ4n) is 2.96. The van der Waals surface area contributed by atoms with E-state index in [0.29, 0.717) is 28.1 Å². The van der Waals surface area contributed by atoms with Crippen LogP contribution in [0.1, 0.15) is 21.9 Å². The second kappa shape index (κ2) is 10.2. The maximum absolute atomic E-state index is 12.6. The Labute approximate surface area is 204 Å². The lowest BCUT2D eigenvalue weighted by atomic mass is 10.2. The van der Waals surface area contributed by atoms with Crippen LogP contribution in [0.5, 0.6) is 11.5 Å². The van der Waals surface area contributed by atoms with Crippen LogP contribution in [0.15, 0.2) is 65.2 Å². The number of hydrogen-bond acceptors (Lipinski definition) is 5. The number of carbonyl (C=O) groups is 1. The lowest BCUT2D eigenvalue weighted by Gasteiger charge is -2.05. The van der Waals surface area contributed by atoms with Gasteiger partial charge in [0.15, 0.2) is 11.6 Å². The maximum Gasteiger partial charge on any atom is 0.292 e. The third-order valence-electron chi connectivity index (χ3n) is 4.62. The van der Waals surface area contributed by atoms with Crippen molar-refractivity contribution in [3.05, 3.63) is 92.9 Å². The van der Waals surface area contributed by atoms with Gasteiger partial charge in [-0.1, -0.05) is 40.9 Å². The summed E-state index contributed by atoms with van der Waals surface area (Å²) >= 11 is 18.4.